The first-order chi connectivity index (χ1) is 9.22. The summed E-state index contributed by atoms with van der Waals surface area (Å²) in [5.41, 5.74) is 1.51. The van der Waals surface area contributed by atoms with Gasteiger partial charge in [-0.15, -0.1) is 0 Å². The molecule has 0 radical (unpaired) electrons. The van der Waals surface area contributed by atoms with Crippen molar-refractivity contribution in [1.29, 1.82) is 0 Å². The van der Waals surface area contributed by atoms with E-state index in [1.165, 1.54) is 31.5 Å². The van der Waals surface area contributed by atoms with Crippen LogP contribution < -0.4 is 5.32 Å². The van der Waals surface area contributed by atoms with Crippen LogP contribution in [0.4, 0.5) is 0 Å². The second-order valence-corrected chi connectivity index (χ2v) is 5.87. The SMILES string of the molecule is CCCNC(C)C(C)N1CCC(c2ccccc2)C1. The summed E-state index contributed by atoms with van der Waals surface area (Å²) < 4.78 is 0. The van der Waals surface area contributed by atoms with Crippen molar-refractivity contribution in [3.8, 4) is 0 Å². The normalized spacial score (nSPS) is 23.4. The van der Waals surface area contributed by atoms with E-state index >= 15 is 0 Å². The Kier molecular flexibility index (Phi) is 5.41. The van der Waals surface area contributed by atoms with E-state index in [4.69, 9.17) is 0 Å². The molecule has 1 aliphatic rings. The molecule has 1 heterocycles. The fraction of sp³-hybridized carbons (Fsp3) is 0.647. The second-order valence-electron chi connectivity index (χ2n) is 5.87. The molecule has 1 aromatic rings. The highest BCUT2D eigenvalue weighted by atomic mass is 15.2. The van der Waals surface area contributed by atoms with Gasteiger partial charge in [-0.1, -0.05) is 37.3 Å². The molecule has 1 fully saturated rings. The van der Waals surface area contributed by atoms with Gasteiger partial charge in [-0.2, -0.15) is 0 Å². The Bertz CT molecular complexity index is 363. The maximum absolute atomic E-state index is 3.62. The van der Waals surface area contributed by atoms with Crippen LogP contribution in [0.25, 0.3) is 0 Å². The first kappa shape index (κ1) is 14.5. The molecule has 0 aromatic heterocycles. The Morgan fingerprint density at radius 2 is 2.00 bits per heavy atom. The van der Waals surface area contributed by atoms with E-state index in [0.717, 1.165) is 12.5 Å². The van der Waals surface area contributed by atoms with Gasteiger partial charge < -0.3 is 5.32 Å². The maximum Gasteiger partial charge on any atom is 0.0218 e. The zero-order valence-electron chi connectivity index (χ0n) is 12.6. The second kappa shape index (κ2) is 7.06. The number of nitrogens with zero attached hydrogens (tertiary/aromatic N) is 1. The minimum atomic E-state index is 0.578. The standard InChI is InChI=1S/C17H28N2/c1-4-11-18-14(2)15(3)19-12-10-17(13-19)16-8-6-5-7-9-16/h5-9,14-15,17-18H,4,10-13H2,1-3H3. The largest absolute Gasteiger partial charge is 0.313 e. The average molecular weight is 260 g/mol. The van der Waals surface area contributed by atoms with E-state index in [1.54, 1.807) is 0 Å². The lowest BCUT2D eigenvalue weighted by atomic mass is 9.99. The third-order valence-electron chi connectivity index (χ3n) is 4.51. The van der Waals surface area contributed by atoms with E-state index in [9.17, 15) is 0 Å². The molecule has 106 valence electrons. The Labute approximate surface area is 118 Å². The van der Waals surface area contributed by atoms with E-state index < -0.39 is 0 Å². The van der Waals surface area contributed by atoms with E-state index in [0.29, 0.717) is 12.1 Å². The molecule has 1 aliphatic heterocycles. The molecular formula is C17H28N2. The third-order valence-corrected chi connectivity index (χ3v) is 4.51. The quantitative estimate of drug-likeness (QED) is 0.844. The first-order valence-electron chi connectivity index (χ1n) is 7.74. The fourth-order valence-corrected chi connectivity index (χ4v) is 3.01. The number of benzene rings is 1. The van der Waals surface area contributed by atoms with Crippen molar-refractivity contribution in [2.45, 2.75) is 51.6 Å². The monoisotopic (exact) mass is 260 g/mol. The van der Waals surface area contributed by atoms with Crippen LogP contribution in [0.5, 0.6) is 0 Å². The highest BCUT2D eigenvalue weighted by Gasteiger charge is 2.29. The Hall–Kier alpha value is -0.860. The summed E-state index contributed by atoms with van der Waals surface area (Å²) in [6.45, 7) is 10.5. The van der Waals surface area contributed by atoms with Crippen LogP contribution in [0.15, 0.2) is 30.3 Å². The van der Waals surface area contributed by atoms with E-state index in [1.807, 2.05) is 0 Å². The Morgan fingerprint density at radius 3 is 2.68 bits per heavy atom. The molecule has 1 aromatic carbocycles. The van der Waals surface area contributed by atoms with Gasteiger partial charge in [-0.05, 0) is 51.3 Å². The van der Waals surface area contributed by atoms with Gasteiger partial charge in [0.15, 0.2) is 0 Å². The first-order valence-corrected chi connectivity index (χ1v) is 7.74. The summed E-state index contributed by atoms with van der Waals surface area (Å²) in [5.74, 6) is 0.724. The van der Waals surface area contributed by atoms with Crippen molar-refractivity contribution in [2.75, 3.05) is 19.6 Å². The summed E-state index contributed by atoms with van der Waals surface area (Å²) in [6, 6.07) is 12.2. The van der Waals surface area contributed by atoms with Gasteiger partial charge in [0.1, 0.15) is 0 Å². The average Bonchev–Trinajstić information content (AvgIpc) is 2.94. The summed E-state index contributed by atoms with van der Waals surface area (Å²) in [4.78, 5) is 2.64. The molecule has 0 saturated carbocycles. The lowest BCUT2D eigenvalue weighted by molar-refractivity contribution is 0.211. The van der Waals surface area contributed by atoms with Gasteiger partial charge >= 0.3 is 0 Å². The minimum Gasteiger partial charge on any atom is -0.313 e. The number of rotatable bonds is 6. The van der Waals surface area contributed by atoms with E-state index in [-0.39, 0.29) is 0 Å². The Morgan fingerprint density at radius 1 is 1.26 bits per heavy atom. The third kappa shape index (κ3) is 3.80. The topological polar surface area (TPSA) is 15.3 Å². The summed E-state index contributed by atoms with van der Waals surface area (Å²) in [7, 11) is 0. The molecule has 3 unspecified atom stereocenters. The van der Waals surface area contributed by atoms with Crippen LogP contribution in [0, 0.1) is 0 Å². The summed E-state index contributed by atoms with van der Waals surface area (Å²) in [6.07, 6.45) is 2.51. The molecule has 0 bridgehead atoms. The Balaban J connectivity index is 1.87. The zero-order chi connectivity index (χ0) is 13.7. The molecule has 0 amide bonds. The summed E-state index contributed by atoms with van der Waals surface area (Å²) in [5, 5.41) is 3.62. The van der Waals surface area contributed by atoms with Crippen LogP contribution in [0.1, 0.15) is 45.1 Å². The molecule has 1 N–H and O–H groups in total. The van der Waals surface area contributed by atoms with Crippen LogP contribution in [-0.2, 0) is 0 Å². The van der Waals surface area contributed by atoms with Crippen LogP contribution in [0.2, 0.25) is 0 Å². The van der Waals surface area contributed by atoms with Crippen molar-refractivity contribution in [2.24, 2.45) is 0 Å². The van der Waals surface area contributed by atoms with Gasteiger partial charge in [0, 0.05) is 18.6 Å². The number of nitrogens with one attached hydrogen (secondary N) is 1. The van der Waals surface area contributed by atoms with Crippen LogP contribution in [0.3, 0.4) is 0 Å². The van der Waals surface area contributed by atoms with Gasteiger partial charge in [0.25, 0.3) is 0 Å². The lowest BCUT2D eigenvalue weighted by Crippen LogP contribution is -2.46. The zero-order valence-corrected chi connectivity index (χ0v) is 12.6. The van der Waals surface area contributed by atoms with Gasteiger partial charge in [0.05, 0.1) is 0 Å². The molecule has 19 heavy (non-hydrogen) atoms. The number of likely N-dealkylation sites (tertiary alicyclic amines) is 1. The molecule has 3 atom stereocenters. The molecule has 2 rings (SSSR count). The van der Waals surface area contributed by atoms with Crippen molar-refractivity contribution in [1.82, 2.24) is 10.2 Å². The summed E-state index contributed by atoms with van der Waals surface area (Å²) >= 11 is 0. The highest BCUT2D eigenvalue weighted by molar-refractivity contribution is 5.21. The van der Waals surface area contributed by atoms with Crippen molar-refractivity contribution >= 4 is 0 Å². The molecule has 2 heteroatoms. The highest BCUT2D eigenvalue weighted by Crippen LogP contribution is 2.28. The van der Waals surface area contributed by atoms with Gasteiger partial charge in [0.2, 0.25) is 0 Å². The maximum atomic E-state index is 3.62. The van der Waals surface area contributed by atoms with Crippen LogP contribution >= 0.6 is 0 Å². The predicted octanol–water partition coefficient (Wildman–Crippen LogP) is 3.25. The van der Waals surface area contributed by atoms with Crippen LogP contribution in [-0.4, -0.2) is 36.6 Å². The number of hydrogen-bond acceptors (Lipinski definition) is 2. The number of hydrogen-bond donors (Lipinski definition) is 1. The van der Waals surface area contributed by atoms with Gasteiger partial charge in [-0.3, -0.25) is 4.90 Å². The molecular weight excluding hydrogens is 232 g/mol. The van der Waals surface area contributed by atoms with Crippen molar-refractivity contribution < 1.29 is 0 Å². The van der Waals surface area contributed by atoms with E-state index in [2.05, 4.69) is 61.3 Å². The minimum absolute atomic E-state index is 0.578. The van der Waals surface area contributed by atoms with Gasteiger partial charge in [-0.25, -0.2) is 0 Å². The predicted molar refractivity (Wildman–Crippen MR) is 82.6 cm³/mol. The molecule has 0 aliphatic carbocycles. The molecule has 2 nitrogen and oxygen atoms in total. The molecule has 0 spiro atoms. The molecule has 1 saturated heterocycles. The lowest BCUT2D eigenvalue weighted by Gasteiger charge is -2.30. The smallest absolute Gasteiger partial charge is 0.0218 e. The fourth-order valence-electron chi connectivity index (χ4n) is 3.01. The van der Waals surface area contributed by atoms with Crippen molar-refractivity contribution in [3.05, 3.63) is 35.9 Å². The van der Waals surface area contributed by atoms with Crippen molar-refractivity contribution in [3.63, 3.8) is 0 Å².